The van der Waals surface area contributed by atoms with E-state index in [0.29, 0.717) is 23.4 Å². The summed E-state index contributed by atoms with van der Waals surface area (Å²) in [5.74, 6) is 0.479. The molecule has 5 nitrogen and oxygen atoms in total. The average Bonchev–Trinajstić information content (AvgIpc) is 2.86. The summed E-state index contributed by atoms with van der Waals surface area (Å²) in [4.78, 5) is 23.4. The summed E-state index contributed by atoms with van der Waals surface area (Å²) in [7, 11) is 1.58. The van der Waals surface area contributed by atoms with Crippen molar-refractivity contribution in [3.05, 3.63) is 53.6 Å². The van der Waals surface area contributed by atoms with Gasteiger partial charge in [0.25, 0.3) is 5.91 Å². The van der Waals surface area contributed by atoms with E-state index in [4.69, 9.17) is 4.74 Å². The van der Waals surface area contributed by atoms with Crippen molar-refractivity contribution in [2.45, 2.75) is 6.42 Å². The van der Waals surface area contributed by atoms with Crippen LogP contribution in [0.1, 0.15) is 15.9 Å². The molecule has 2 aromatic rings. The van der Waals surface area contributed by atoms with Gasteiger partial charge in [0.1, 0.15) is 5.75 Å². The van der Waals surface area contributed by atoms with Crippen molar-refractivity contribution < 1.29 is 14.3 Å². The van der Waals surface area contributed by atoms with Crippen molar-refractivity contribution in [2.75, 3.05) is 17.7 Å². The number of anilines is 2. The van der Waals surface area contributed by atoms with Crippen molar-refractivity contribution in [1.29, 1.82) is 0 Å². The third-order valence-corrected chi connectivity index (χ3v) is 3.34. The average molecular weight is 282 g/mol. The third-order valence-electron chi connectivity index (χ3n) is 3.34. The number of hydrogen-bond acceptors (Lipinski definition) is 3. The van der Waals surface area contributed by atoms with E-state index in [-0.39, 0.29) is 11.8 Å². The predicted octanol–water partition coefficient (Wildman–Crippen LogP) is 2.44. The quantitative estimate of drug-likeness (QED) is 0.908. The second kappa shape index (κ2) is 5.28. The van der Waals surface area contributed by atoms with Crippen LogP contribution in [-0.2, 0) is 11.2 Å². The Morgan fingerprint density at radius 3 is 2.67 bits per heavy atom. The third kappa shape index (κ3) is 2.72. The van der Waals surface area contributed by atoms with Crippen LogP contribution < -0.4 is 15.4 Å². The van der Waals surface area contributed by atoms with Gasteiger partial charge in [0.15, 0.2) is 0 Å². The van der Waals surface area contributed by atoms with Crippen molar-refractivity contribution in [3.63, 3.8) is 0 Å². The SMILES string of the molecule is COc1ccc(C(=O)Nc2ccc3c(c2)CC(=O)N3)cc1. The monoisotopic (exact) mass is 282 g/mol. The summed E-state index contributed by atoms with van der Waals surface area (Å²) in [5.41, 5.74) is 2.92. The van der Waals surface area contributed by atoms with E-state index in [0.717, 1.165) is 11.3 Å². The molecule has 3 rings (SSSR count). The number of nitrogens with one attached hydrogen (secondary N) is 2. The first-order chi connectivity index (χ1) is 10.2. The smallest absolute Gasteiger partial charge is 0.255 e. The van der Waals surface area contributed by atoms with Crippen LogP contribution in [-0.4, -0.2) is 18.9 Å². The fourth-order valence-electron chi connectivity index (χ4n) is 2.25. The zero-order chi connectivity index (χ0) is 14.8. The van der Waals surface area contributed by atoms with Gasteiger partial charge in [0.2, 0.25) is 5.91 Å². The van der Waals surface area contributed by atoms with Gasteiger partial charge in [-0.25, -0.2) is 0 Å². The molecule has 0 saturated carbocycles. The minimum atomic E-state index is -0.199. The molecular formula is C16H14N2O3. The molecular weight excluding hydrogens is 268 g/mol. The molecule has 5 heteroatoms. The van der Waals surface area contributed by atoms with E-state index in [9.17, 15) is 9.59 Å². The molecule has 1 heterocycles. The normalized spacial score (nSPS) is 12.5. The Hall–Kier alpha value is -2.82. The van der Waals surface area contributed by atoms with Crippen LogP contribution in [0.5, 0.6) is 5.75 Å². The summed E-state index contributed by atoms with van der Waals surface area (Å²) in [6, 6.07) is 12.3. The van der Waals surface area contributed by atoms with Gasteiger partial charge in [-0.2, -0.15) is 0 Å². The maximum Gasteiger partial charge on any atom is 0.255 e. The molecule has 21 heavy (non-hydrogen) atoms. The first-order valence-electron chi connectivity index (χ1n) is 6.54. The summed E-state index contributed by atoms with van der Waals surface area (Å²) < 4.78 is 5.06. The lowest BCUT2D eigenvalue weighted by Crippen LogP contribution is -2.11. The van der Waals surface area contributed by atoms with Gasteiger partial charge in [0.05, 0.1) is 13.5 Å². The first-order valence-corrected chi connectivity index (χ1v) is 6.54. The fraction of sp³-hybridized carbons (Fsp3) is 0.125. The Labute approximate surface area is 121 Å². The molecule has 2 aromatic carbocycles. The van der Waals surface area contributed by atoms with Gasteiger partial charge >= 0.3 is 0 Å². The molecule has 0 aromatic heterocycles. The minimum Gasteiger partial charge on any atom is -0.497 e. The second-order valence-electron chi connectivity index (χ2n) is 4.78. The van der Waals surface area contributed by atoms with Crippen LogP contribution in [0.25, 0.3) is 0 Å². The lowest BCUT2D eigenvalue weighted by molar-refractivity contribution is -0.115. The first kappa shape index (κ1) is 13.2. The van der Waals surface area contributed by atoms with E-state index >= 15 is 0 Å². The van der Waals surface area contributed by atoms with Crippen LogP contribution in [0.2, 0.25) is 0 Å². The number of amides is 2. The summed E-state index contributed by atoms with van der Waals surface area (Å²) in [5, 5.41) is 5.58. The van der Waals surface area contributed by atoms with E-state index in [1.54, 1.807) is 43.5 Å². The minimum absolute atomic E-state index is 0.0244. The number of carbonyl (C=O) groups excluding carboxylic acids is 2. The van der Waals surface area contributed by atoms with Gasteiger partial charge in [-0.05, 0) is 48.0 Å². The lowest BCUT2D eigenvalue weighted by atomic mass is 10.1. The van der Waals surface area contributed by atoms with Crippen molar-refractivity contribution in [2.24, 2.45) is 0 Å². The van der Waals surface area contributed by atoms with Crippen LogP contribution in [0.15, 0.2) is 42.5 Å². The summed E-state index contributed by atoms with van der Waals surface area (Å²) in [6.45, 7) is 0. The number of rotatable bonds is 3. The number of fused-ring (bicyclic) bond motifs is 1. The number of ether oxygens (including phenoxy) is 1. The summed E-state index contributed by atoms with van der Waals surface area (Å²) >= 11 is 0. The Morgan fingerprint density at radius 2 is 1.95 bits per heavy atom. The zero-order valence-electron chi connectivity index (χ0n) is 11.5. The number of hydrogen-bond donors (Lipinski definition) is 2. The molecule has 0 spiro atoms. The molecule has 2 N–H and O–H groups in total. The molecule has 1 aliphatic rings. The highest BCUT2D eigenvalue weighted by Gasteiger charge is 2.18. The van der Waals surface area contributed by atoms with Crippen LogP contribution in [0.4, 0.5) is 11.4 Å². The molecule has 0 unspecified atom stereocenters. The topological polar surface area (TPSA) is 67.4 Å². The van der Waals surface area contributed by atoms with Crippen LogP contribution in [0.3, 0.4) is 0 Å². The Kier molecular flexibility index (Phi) is 3.31. The van der Waals surface area contributed by atoms with Gasteiger partial charge < -0.3 is 15.4 Å². The molecule has 1 aliphatic heterocycles. The predicted molar refractivity (Wildman–Crippen MR) is 79.7 cm³/mol. The molecule has 0 bridgehead atoms. The standard InChI is InChI=1S/C16H14N2O3/c1-21-13-5-2-10(3-6-13)16(20)17-12-4-7-14-11(8-12)9-15(19)18-14/h2-8H,9H2,1H3,(H,17,20)(H,18,19). The van der Waals surface area contributed by atoms with Crippen molar-refractivity contribution >= 4 is 23.2 Å². The van der Waals surface area contributed by atoms with E-state index < -0.39 is 0 Å². The van der Waals surface area contributed by atoms with Crippen molar-refractivity contribution in [3.8, 4) is 5.75 Å². The van der Waals surface area contributed by atoms with E-state index in [2.05, 4.69) is 10.6 Å². The Morgan fingerprint density at radius 1 is 1.19 bits per heavy atom. The second-order valence-corrected chi connectivity index (χ2v) is 4.78. The molecule has 0 aliphatic carbocycles. The largest absolute Gasteiger partial charge is 0.497 e. The molecule has 2 amide bonds. The van der Waals surface area contributed by atoms with Crippen LogP contribution >= 0.6 is 0 Å². The van der Waals surface area contributed by atoms with Gasteiger partial charge in [-0.1, -0.05) is 0 Å². The highest BCUT2D eigenvalue weighted by molar-refractivity contribution is 6.05. The maximum atomic E-state index is 12.1. The van der Waals surface area contributed by atoms with Crippen molar-refractivity contribution in [1.82, 2.24) is 0 Å². The Bertz CT molecular complexity index is 708. The molecule has 0 atom stereocenters. The van der Waals surface area contributed by atoms with E-state index in [1.165, 1.54) is 0 Å². The molecule has 0 fully saturated rings. The van der Waals surface area contributed by atoms with Gasteiger partial charge in [-0.3, -0.25) is 9.59 Å². The molecule has 0 radical (unpaired) electrons. The maximum absolute atomic E-state index is 12.1. The summed E-state index contributed by atoms with van der Waals surface area (Å²) in [6.07, 6.45) is 0.349. The van der Waals surface area contributed by atoms with Gasteiger partial charge in [0, 0.05) is 16.9 Å². The number of benzene rings is 2. The van der Waals surface area contributed by atoms with E-state index in [1.807, 2.05) is 6.07 Å². The number of methoxy groups -OCH3 is 1. The zero-order valence-corrected chi connectivity index (χ0v) is 11.5. The Balaban J connectivity index is 1.75. The molecule has 0 saturated heterocycles. The highest BCUT2D eigenvalue weighted by Crippen LogP contribution is 2.26. The molecule has 106 valence electrons. The lowest BCUT2D eigenvalue weighted by Gasteiger charge is -2.07. The number of carbonyl (C=O) groups is 2. The fourth-order valence-corrected chi connectivity index (χ4v) is 2.25. The van der Waals surface area contributed by atoms with Crippen LogP contribution in [0, 0.1) is 0 Å². The highest BCUT2D eigenvalue weighted by atomic mass is 16.5. The van der Waals surface area contributed by atoms with Gasteiger partial charge in [-0.15, -0.1) is 0 Å².